The Bertz CT molecular complexity index is 628. The van der Waals surface area contributed by atoms with Crippen LogP contribution in [-0.4, -0.2) is 49.1 Å². The van der Waals surface area contributed by atoms with Crippen molar-refractivity contribution in [3.8, 4) is 0 Å². The molecule has 7 heteroatoms. The molecule has 116 valence electrons. The Morgan fingerprint density at radius 3 is 2.76 bits per heavy atom. The maximum absolute atomic E-state index is 11.7. The molecule has 2 rings (SSSR count). The first kappa shape index (κ1) is 15.8. The van der Waals surface area contributed by atoms with E-state index in [0.29, 0.717) is 31.7 Å². The molecule has 1 aliphatic rings. The van der Waals surface area contributed by atoms with Gasteiger partial charge in [0.2, 0.25) is 0 Å². The van der Waals surface area contributed by atoms with Crippen molar-refractivity contribution in [2.45, 2.75) is 26.2 Å². The summed E-state index contributed by atoms with van der Waals surface area (Å²) < 4.78 is 23.3. The van der Waals surface area contributed by atoms with Crippen molar-refractivity contribution >= 4 is 21.6 Å². The Balaban J connectivity index is 2.31. The van der Waals surface area contributed by atoms with Gasteiger partial charge in [-0.05, 0) is 25.0 Å². The van der Waals surface area contributed by atoms with Crippen LogP contribution in [0.25, 0.3) is 0 Å². The molecule has 0 saturated carbocycles. The monoisotopic (exact) mass is 312 g/mol. The summed E-state index contributed by atoms with van der Waals surface area (Å²) in [7, 11) is -2.99. The lowest BCUT2D eigenvalue weighted by atomic mass is 10.1. The second-order valence-electron chi connectivity index (χ2n) is 5.25. The molecule has 1 saturated heterocycles. The van der Waals surface area contributed by atoms with Crippen LogP contribution in [0.3, 0.4) is 0 Å². The molecule has 1 aromatic heterocycles. The van der Waals surface area contributed by atoms with Crippen LogP contribution in [-0.2, 0) is 16.3 Å². The van der Waals surface area contributed by atoms with E-state index in [2.05, 4.69) is 4.98 Å². The first-order valence-corrected chi connectivity index (χ1v) is 8.93. The van der Waals surface area contributed by atoms with E-state index in [0.717, 1.165) is 12.1 Å². The van der Waals surface area contributed by atoms with Gasteiger partial charge < -0.3 is 10.0 Å². The topological polar surface area (TPSA) is 87.6 Å². The summed E-state index contributed by atoms with van der Waals surface area (Å²) in [6.45, 7) is 2.96. The number of rotatable bonds is 4. The van der Waals surface area contributed by atoms with E-state index < -0.39 is 15.8 Å². The molecule has 21 heavy (non-hydrogen) atoms. The molecule has 0 bridgehead atoms. The zero-order chi connectivity index (χ0) is 15.5. The number of carbonyl (C=O) groups is 1. The summed E-state index contributed by atoms with van der Waals surface area (Å²) in [5, 5.41) is 9.20. The van der Waals surface area contributed by atoms with Crippen LogP contribution in [0.1, 0.15) is 35.8 Å². The molecule has 6 nitrogen and oxygen atoms in total. The largest absolute Gasteiger partial charge is 0.478 e. The molecular weight excluding hydrogens is 292 g/mol. The lowest BCUT2D eigenvalue weighted by Crippen LogP contribution is -2.28. The van der Waals surface area contributed by atoms with Gasteiger partial charge in [0, 0.05) is 18.8 Å². The van der Waals surface area contributed by atoms with E-state index >= 15 is 0 Å². The van der Waals surface area contributed by atoms with Crippen molar-refractivity contribution in [3.63, 3.8) is 0 Å². The van der Waals surface area contributed by atoms with Gasteiger partial charge in [-0.2, -0.15) is 0 Å². The molecular formula is C14H20N2O4S. The Labute approximate surface area is 124 Å². The Kier molecular flexibility index (Phi) is 4.82. The Hall–Kier alpha value is -1.63. The van der Waals surface area contributed by atoms with Crippen molar-refractivity contribution < 1.29 is 18.3 Å². The number of hydrogen-bond acceptors (Lipinski definition) is 5. The normalized spacial score (nSPS) is 18.2. The summed E-state index contributed by atoms with van der Waals surface area (Å²) in [5.41, 5.74) is 0.940. The fraction of sp³-hybridized carbons (Fsp3) is 0.571. The number of carboxylic acids is 1. The van der Waals surface area contributed by atoms with Gasteiger partial charge in [0.25, 0.3) is 0 Å². The number of sulfone groups is 1. The van der Waals surface area contributed by atoms with E-state index in [-0.39, 0.29) is 17.1 Å². The van der Waals surface area contributed by atoms with Crippen LogP contribution in [0, 0.1) is 0 Å². The summed E-state index contributed by atoms with van der Waals surface area (Å²) in [4.78, 5) is 17.6. The summed E-state index contributed by atoms with van der Waals surface area (Å²) in [6.07, 6.45) is 2.13. The first-order chi connectivity index (χ1) is 9.91. The smallest absolute Gasteiger partial charge is 0.335 e. The molecule has 0 amide bonds. The van der Waals surface area contributed by atoms with Crippen molar-refractivity contribution in [2.24, 2.45) is 0 Å². The number of aromatic carboxylic acids is 1. The molecule has 1 aliphatic heterocycles. The molecule has 1 fully saturated rings. The molecule has 0 atom stereocenters. The maximum atomic E-state index is 11.7. The molecule has 0 aliphatic carbocycles. The number of hydrogen-bond donors (Lipinski definition) is 1. The average molecular weight is 312 g/mol. The van der Waals surface area contributed by atoms with Crippen LogP contribution in [0.2, 0.25) is 0 Å². The Morgan fingerprint density at radius 2 is 2.10 bits per heavy atom. The van der Waals surface area contributed by atoms with Gasteiger partial charge in [-0.25, -0.2) is 18.2 Å². The number of aryl methyl sites for hydroxylation is 1. The lowest BCUT2D eigenvalue weighted by molar-refractivity contribution is 0.0696. The minimum absolute atomic E-state index is 0.0924. The van der Waals surface area contributed by atoms with Gasteiger partial charge in [-0.3, -0.25) is 0 Å². The highest BCUT2D eigenvalue weighted by Crippen LogP contribution is 2.19. The van der Waals surface area contributed by atoms with E-state index in [1.54, 1.807) is 6.07 Å². The van der Waals surface area contributed by atoms with Gasteiger partial charge in [-0.15, -0.1) is 0 Å². The average Bonchev–Trinajstić information content (AvgIpc) is 2.59. The van der Waals surface area contributed by atoms with E-state index in [1.807, 2.05) is 11.8 Å². The quantitative estimate of drug-likeness (QED) is 0.903. The van der Waals surface area contributed by atoms with Gasteiger partial charge in [-0.1, -0.05) is 13.3 Å². The highest BCUT2D eigenvalue weighted by Gasteiger charge is 2.21. The second kappa shape index (κ2) is 6.43. The molecule has 0 radical (unpaired) electrons. The molecule has 0 unspecified atom stereocenters. The molecule has 1 N–H and O–H groups in total. The standard InChI is InChI=1S/C14H20N2O4S/c1-2-4-12-9-11(14(17)18)10-13(15-12)16-5-3-7-21(19,20)8-6-16/h9-10H,2-8H2,1H3,(H,17,18). The van der Waals surface area contributed by atoms with Gasteiger partial charge >= 0.3 is 5.97 Å². The fourth-order valence-corrected chi connectivity index (χ4v) is 3.68. The number of pyridine rings is 1. The number of aromatic nitrogens is 1. The van der Waals surface area contributed by atoms with Crippen LogP contribution in [0.15, 0.2) is 12.1 Å². The van der Waals surface area contributed by atoms with Crippen LogP contribution >= 0.6 is 0 Å². The third-order valence-electron chi connectivity index (χ3n) is 3.50. The van der Waals surface area contributed by atoms with Crippen LogP contribution in [0.5, 0.6) is 0 Å². The first-order valence-electron chi connectivity index (χ1n) is 7.11. The van der Waals surface area contributed by atoms with Gasteiger partial charge in [0.1, 0.15) is 5.82 Å². The van der Waals surface area contributed by atoms with Crippen molar-refractivity contribution in [2.75, 3.05) is 29.5 Å². The maximum Gasteiger partial charge on any atom is 0.335 e. The third-order valence-corrected chi connectivity index (χ3v) is 5.21. The van der Waals surface area contributed by atoms with Crippen molar-refractivity contribution in [3.05, 3.63) is 23.4 Å². The van der Waals surface area contributed by atoms with Crippen LogP contribution in [0.4, 0.5) is 5.82 Å². The predicted molar refractivity (Wildman–Crippen MR) is 80.7 cm³/mol. The number of anilines is 1. The predicted octanol–water partition coefficient (Wildman–Crippen LogP) is 1.36. The van der Waals surface area contributed by atoms with E-state index in [9.17, 15) is 18.3 Å². The minimum Gasteiger partial charge on any atom is -0.478 e. The molecule has 2 heterocycles. The zero-order valence-electron chi connectivity index (χ0n) is 12.1. The summed E-state index contributed by atoms with van der Waals surface area (Å²) >= 11 is 0. The minimum atomic E-state index is -2.99. The van der Waals surface area contributed by atoms with Crippen LogP contribution < -0.4 is 4.90 Å². The highest BCUT2D eigenvalue weighted by atomic mass is 32.2. The molecule has 0 aromatic carbocycles. The third kappa shape index (κ3) is 4.17. The fourth-order valence-electron chi connectivity index (χ4n) is 2.41. The summed E-state index contributed by atoms with van der Waals surface area (Å²) in [5.74, 6) is -0.146. The molecule has 0 spiro atoms. The molecule has 1 aromatic rings. The number of nitrogens with zero attached hydrogens (tertiary/aromatic N) is 2. The van der Waals surface area contributed by atoms with Gasteiger partial charge in [0.15, 0.2) is 9.84 Å². The van der Waals surface area contributed by atoms with Crippen molar-refractivity contribution in [1.82, 2.24) is 4.98 Å². The van der Waals surface area contributed by atoms with Gasteiger partial charge in [0.05, 0.1) is 17.1 Å². The number of carboxylic acid groups (broad SMARTS) is 1. The van der Waals surface area contributed by atoms with E-state index in [1.165, 1.54) is 6.07 Å². The highest BCUT2D eigenvalue weighted by molar-refractivity contribution is 7.91. The van der Waals surface area contributed by atoms with E-state index in [4.69, 9.17) is 0 Å². The SMILES string of the molecule is CCCc1cc(C(=O)O)cc(N2CCCS(=O)(=O)CC2)n1. The zero-order valence-corrected chi connectivity index (χ0v) is 12.9. The Morgan fingerprint density at radius 1 is 1.33 bits per heavy atom. The summed E-state index contributed by atoms with van der Waals surface area (Å²) in [6, 6.07) is 3.11. The lowest BCUT2D eigenvalue weighted by Gasteiger charge is -2.22. The van der Waals surface area contributed by atoms with Crippen molar-refractivity contribution in [1.29, 1.82) is 0 Å². The second-order valence-corrected chi connectivity index (χ2v) is 7.56.